The van der Waals surface area contributed by atoms with Gasteiger partial charge in [0.1, 0.15) is 11.6 Å². The standard InChI is InChI=1S/C15H17N3O/c1-9-6-10(2)11(3)13(7-9)19-14-8-18-5-4-12(14)15(16)17/h4-8H,1-3H3,(H3,16,17). The number of aromatic nitrogens is 1. The number of rotatable bonds is 3. The molecule has 0 atom stereocenters. The quantitative estimate of drug-likeness (QED) is 0.654. The van der Waals surface area contributed by atoms with Crippen LogP contribution in [0.1, 0.15) is 22.3 Å². The van der Waals surface area contributed by atoms with Crippen molar-refractivity contribution in [2.75, 3.05) is 0 Å². The number of nitrogens with two attached hydrogens (primary N) is 1. The van der Waals surface area contributed by atoms with Crippen LogP contribution in [0.25, 0.3) is 0 Å². The van der Waals surface area contributed by atoms with E-state index in [9.17, 15) is 0 Å². The third kappa shape index (κ3) is 2.73. The van der Waals surface area contributed by atoms with Crippen LogP contribution < -0.4 is 10.5 Å². The average molecular weight is 255 g/mol. The highest BCUT2D eigenvalue weighted by Gasteiger charge is 2.10. The average Bonchev–Trinajstić information content (AvgIpc) is 2.35. The minimum Gasteiger partial charge on any atom is -0.455 e. The number of ether oxygens (including phenoxy) is 1. The molecule has 0 unspecified atom stereocenters. The van der Waals surface area contributed by atoms with Crippen LogP contribution in [-0.4, -0.2) is 10.8 Å². The van der Waals surface area contributed by atoms with E-state index in [1.165, 1.54) is 5.56 Å². The number of benzene rings is 1. The zero-order valence-electron chi connectivity index (χ0n) is 11.3. The summed E-state index contributed by atoms with van der Waals surface area (Å²) in [5.74, 6) is 1.25. The maximum Gasteiger partial charge on any atom is 0.156 e. The Morgan fingerprint density at radius 3 is 2.63 bits per heavy atom. The van der Waals surface area contributed by atoms with Crippen molar-refractivity contribution < 1.29 is 4.74 Å². The van der Waals surface area contributed by atoms with Gasteiger partial charge in [-0.05, 0) is 49.6 Å². The lowest BCUT2D eigenvalue weighted by Gasteiger charge is -2.14. The topological polar surface area (TPSA) is 72.0 Å². The smallest absolute Gasteiger partial charge is 0.156 e. The second-order valence-corrected chi connectivity index (χ2v) is 4.59. The molecule has 1 heterocycles. The number of hydrogen-bond donors (Lipinski definition) is 2. The van der Waals surface area contributed by atoms with Crippen molar-refractivity contribution in [2.24, 2.45) is 5.73 Å². The van der Waals surface area contributed by atoms with Gasteiger partial charge in [0.2, 0.25) is 0 Å². The molecule has 1 aromatic heterocycles. The SMILES string of the molecule is Cc1cc(C)c(C)c(Oc2cnccc2C(=N)N)c1. The third-order valence-corrected chi connectivity index (χ3v) is 3.06. The summed E-state index contributed by atoms with van der Waals surface area (Å²) >= 11 is 0. The minimum absolute atomic E-state index is 0.0283. The molecule has 19 heavy (non-hydrogen) atoms. The summed E-state index contributed by atoms with van der Waals surface area (Å²) in [4.78, 5) is 4.02. The molecule has 0 amide bonds. The first-order valence-electron chi connectivity index (χ1n) is 6.03. The highest BCUT2D eigenvalue weighted by molar-refractivity contribution is 5.97. The molecule has 98 valence electrons. The van der Waals surface area contributed by atoms with Crippen LogP contribution in [0.5, 0.6) is 11.5 Å². The van der Waals surface area contributed by atoms with Gasteiger partial charge in [-0.25, -0.2) is 0 Å². The molecule has 1 aromatic carbocycles. The second-order valence-electron chi connectivity index (χ2n) is 4.59. The number of nitrogens with one attached hydrogen (secondary N) is 1. The molecule has 4 heteroatoms. The molecule has 3 N–H and O–H groups in total. The number of pyridine rings is 1. The van der Waals surface area contributed by atoms with Gasteiger partial charge in [0.05, 0.1) is 11.8 Å². The van der Waals surface area contributed by atoms with Gasteiger partial charge < -0.3 is 10.5 Å². The number of nitrogen functional groups attached to an aromatic ring is 1. The summed E-state index contributed by atoms with van der Waals surface area (Å²) in [6, 6.07) is 5.76. The molecular weight excluding hydrogens is 238 g/mol. The maximum atomic E-state index is 7.55. The van der Waals surface area contributed by atoms with Crippen LogP contribution in [0.15, 0.2) is 30.6 Å². The fourth-order valence-electron chi connectivity index (χ4n) is 1.91. The number of hydrogen-bond acceptors (Lipinski definition) is 3. The van der Waals surface area contributed by atoms with Crippen LogP contribution in [-0.2, 0) is 0 Å². The lowest BCUT2D eigenvalue weighted by molar-refractivity contribution is 0.474. The van der Waals surface area contributed by atoms with Gasteiger partial charge in [0.15, 0.2) is 5.75 Å². The normalized spacial score (nSPS) is 10.3. The molecule has 0 spiro atoms. The minimum atomic E-state index is -0.0283. The van der Waals surface area contributed by atoms with Crippen molar-refractivity contribution in [2.45, 2.75) is 20.8 Å². The molecule has 0 saturated carbocycles. The molecule has 0 aliphatic carbocycles. The predicted molar refractivity (Wildman–Crippen MR) is 76.0 cm³/mol. The van der Waals surface area contributed by atoms with Crippen molar-refractivity contribution >= 4 is 5.84 Å². The van der Waals surface area contributed by atoms with Crippen molar-refractivity contribution in [1.29, 1.82) is 5.41 Å². The first-order valence-corrected chi connectivity index (χ1v) is 6.03. The number of amidine groups is 1. The molecule has 0 aliphatic heterocycles. The fourth-order valence-corrected chi connectivity index (χ4v) is 1.91. The molecule has 0 aliphatic rings. The highest BCUT2D eigenvalue weighted by Crippen LogP contribution is 2.29. The van der Waals surface area contributed by atoms with Crippen LogP contribution >= 0.6 is 0 Å². The Bertz CT molecular complexity index is 635. The van der Waals surface area contributed by atoms with E-state index in [4.69, 9.17) is 15.9 Å². The molecule has 0 fully saturated rings. The van der Waals surface area contributed by atoms with Gasteiger partial charge in [0, 0.05) is 6.20 Å². The van der Waals surface area contributed by atoms with E-state index in [0.717, 1.165) is 16.9 Å². The van der Waals surface area contributed by atoms with E-state index < -0.39 is 0 Å². The molecule has 0 saturated heterocycles. The molecule has 2 aromatic rings. The van der Waals surface area contributed by atoms with Crippen molar-refractivity contribution in [3.8, 4) is 11.5 Å². The van der Waals surface area contributed by atoms with E-state index in [0.29, 0.717) is 11.3 Å². The Morgan fingerprint density at radius 1 is 1.21 bits per heavy atom. The molecule has 2 rings (SSSR count). The van der Waals surface area contributed by atoms with Crippen molar-refractivity contribution in [1.82, 2.24) is 4.98 Å². The van der Waals surface area contributed by atoms with E-state index in [1.54, 1.807) is 18.5 Å². The van der Waals surface area contributed by atoms with Crippen molar-refractivity contribution in [3.05, 3.63) is 52.8 Å². The van der Waals surface area contributed by atoms with E-state index >= 15 is 0 Å². The molecular formula is C15H17N3O. The van der Waals surface area contributed by atoms with Gasteiger partial charge in [-0.3, -0.25) is 10.4 Å². The summed E-state index contributed by atoms with van der Waals surface area (Å²) in [7, 11) is 0. The lowest BCUT2D eigenvalue weighted by Crippen LogP contribution is -2.12. The first-order chi connectivity index (χ1) is 8.99. The highest BCUT2D eigenvalue weighted by atomic mass is 16.5. The second kappa shape index (κ2) is 5.10. The Labute approximate surface area is 112 Å². The van der Waals surface area contributed by atoms with Crippen LogP contribution in [0.4, 0.5) is 0 Å². The first kappa shape index (κ1) is 13.1. The number of aryl methyl sites for hydroxylation is 2. The largest absolute Gasteiger partial charge is 0.455 e. The van der Waals surface area contributed by atoms with E-state index in [2.05, 4.69) is 11.1 Å². The Kier molecular flexibility index (Phi) is 3.51. The van der Waals surface area contributed by atoms with Crippen LogP contribution in [0.2, 0.25) is 0 Å². The Balaban J connectivity index is 2.45. The zero-order chi connectivity index (χ0) is 14.0. The summed E-state index contributed by atoms with van der Waals surface area (Å²) < 4.78 is 5.88. The monoisotopic (exact) mass is 255 g/mol. The van der Waals surface area contributed by atoms with Gasteiger partial charge in [-0.2, -0.15) is 0 Å². The molecule has 0 bridgehead atoms. The Hall–Kier alpha value is -2.36. The summed E-state index contributed by atoms with van der Waals surface area (Å²) in [5.41, 5.74) is 9.46. The van der Waals surface area contributed by atoms with Crippen LogP contribution in [0.3, 0.4) is 0 Å². The van der Waals surface area contributed by atoms with Crippen LogP contribution in [0, 0.1) is 26.2 Å². The summed E-state index contributed by atoms with van der Waals surface area (Å²) in [6.45, 7) is 6.08. The van der Waals surface area contributed by atoms with Gasteiger partial charge in [-0.15, -0.1) is 0 Å². The lowest BCUT2D eigenvalue weighted by atomic mass is 10.1. The molecule has 4 nitrogen and oxygen atoms in total. The number of nitrogens with zero attached hydrogens (tertiary/aromatic N) is 1. The maximum absolute atomic E-state index is 7.55. The molecule has 0 radical (unpaired) electrons. The fraction of sp³-hybridized carbons (Fsp3) is 0.200. The summed E-state index contributed by atoms with van der Waals surface area (Å²) in [5, 5.41) is 7.55. The van der Waals surface area contributed by atoms with Gasteiger partial charge in [-0.1, -0.05) is 6.07 Å². The third-order valence-electron chi connectivity index (χ3n) is 3.06. The Morgan fingerprint density at radius 2 is 1.95 bits per heavy atom. The summed E-state index contributed by atoms with van der Waals surface area (Å²) in [6.07, 6.45) is 3.17. The predicted octanol–water partition coefficient (Wildman–Crippen LogP) is 3.08. The zero-order valence-corrected chi connectivity index (χ0v) is 11.3. The van der Waals surface area contributed by atoms with Crippen molar-refractivity contribution in [3.63, 3.8) is 0 Å². The van der Waals surface area contributed by atoms with Gasteiger partial charge >= 0.3 is 0 Å². The van der Waals surface area contributed by atoms with E-state index in [1.807, 2.05) is 26.8 Å². The van der Waals surface area contributed by atoms with E-state index in [-0.39, 0.29) is 5.84 Å². The van der Waals surface area contributed by atoms with Gasteiger partial charge in [0.25, 0.3) is 0 Å².